The maximum atomic E-state index is 5.45. The fourth-order valence-corrected chi connectivity index (χ4v) is 2.98. The van der Waals surface area contributed by atoms with Crippen molar-refractivity contribution in [2.24, 2.45) is 0 Å². The van der Waals surface area contributed by atoms with Crippen LogP contribution in [0.25, 0.3) is 0 Å². The van der Waals surface area contributed by atoms with E-state index in [2.05, 4.69) is 75.7 Å². The SMILES string of the molecule is C#Cc1ccc(C(CCC)CCc2ccc(C)c(C)c2)cc1.C=CC.CC. The molecule has 0 aliphatic rings. The predicted molar refractivity (Wildman–Crippen MR) is 123 cm³/mol. The van der Waals surface area contributed by atoms with Crippen LogP contribution in [0.2, 0.25) is 0 Å². The van der Waals surface area contributed by atoms with Gasteiger partial charge in [-0.1, -0.05) is 69.5 Å². The van der Waals surface area contributed by atoms with Gasteiger partial charge in [-0.05, 0) is 80.3 Å². The number of hydrogen-bond donors (Lipinski definition) is 0. The first-order chi connectivity index (χ1) is 13.0. The summed E-state index contributed by atoms with van der Waals surface area (Å²) >= 11 is 0. The minimum absolute atomic E-state index is 0.624. The van der Waals surface area contributed by atoms with Crippen molar-refractivity contribution in [3.05, 3.63) is 82.9 Å². The quantitative estimate of drug-likeness (QED) is 0.360. The topological polar surface area (TPSA) is 0 Å². The molecule has 146 valence electrons. The van der Waals surface area contributed by atoms with Crippen LogP contribution in [0.3, 0.4) is 0 Å². The highest BCUT2D eigenvalue weighted by Gasteiger charge is 2.11. The number of allylic oxidation sites excluding steroid dienone is 1. The zero-order chi connectivity index (χ0) is 20.7. The smallest absolute Gasteiger partial charge is 0.0242 e. The highest BCUT2D eigenvalue weighted by molar-refractivity contribution is 5.35. The summed E-state index contributed by atoms with van der Waals surface area (Å²) in [6.07, 6.45) is 12.0. The lowest BCUT2D eigenvalue weighted by molar-refractivity contribution is 0.568. The molecule has 0 spiro atoms. The van der Waals surface area contributed by atoms with Crippen LogP contribution < -0.4 is 0 Å². The second kappa shape index (κ2) is 14.9. The highest BCUT2D eigenvalue weighted by Crippen LogP contribution is 2.27. The molecule has 0 aliphatic carbocycles. The maximum absolute atomic E-state index is 5.45. The van der Waals surface area contributed by atoms with Crippen LogP contribution in [-0.2, 0) is 6.42 Å². The molecule has 1 unspecified atom stereocenters. The van der Waals surface area contributed by atoms with Gasteiger partial charge in [-0.3, -0.25) is 0 Å². The van der Waals surface area contributed by atoms with E-state index in [0.29, 0.717) is 5.92 Å². The molecule has 0 aromatic heterocycles. The number of rotatable bonds is 6. The lowest BCUT2D eigenvalue weighted by Gasteiger charge is -2.17. The molecule has 2 aromatic rings. The molecule has 0 heteroatoms. The molecule has 1 atom stereocenters. The molecular weight excluding hydrogens is 324 g/mol. The second-order valence-corrected chi connectivity index (χ2v) is 6.62. The van der Waals surface area contributed by atoms with Gasteiger partial charge in [-0.25, -0.2) is 0 Å². The van der Waals surface area contributed by atoms with Gasteiger partial charge in [0.25, 0.3) is 0 Å². The number of hydrogen-bond acceptors (Lipinski definition) is 0. The molecule has 0 heterocycles. The third-order valence-electron chi connectivity index (χ3n) is 4.54. The van der Waals surface area contributed by atoms with Crippen molar-refractivity contribution in [2.45, 2.75) is 73.1 Å². The largest absolute Gasteiger partial charge is 0.115 e. The van der Waals surface area contributed by atoms with Crippen LogP contribution >= 0.6 is 0 Å². The zero-order valence-corrected chi connectivity index (χ0v) is 18.3. The first-order valence-electron chi connectivity index (χ1n) is 10.2. The van der Waals surface area contributed by atoms with Gasteiger partial charge >= 0.3 is 0 Å². The van der Waals surface area contributed by atoms with Gasteiger partial charge in [0.05, 0.1) is 0 Å². The fourth-order valence-electron chi connectivity index (χ4n) is 2.98. The van der Waals surface area contributed by atoms with Crippen LogP contribution in [0.15, 0.2) is 55.1 Å². The standard InChI is InChI=1S/C22H26.C3H6.C2H6/c1-5-7-21(22-13-10-19(6-2)11-14-22)15-12-20-9-8-17(3)18(4)16-20;1-3-2;1-2/h2,8-11,13-14,16,21H,5,7,12,15H2,1,3-4H3;3H,1H2,2H3;1-2H3. The second-order valence-electron chi connectivity index (χ2n) is 6.62. The number of benzene rings is 2. The molecular formula is C27H38. The Balaban J connectivity index is 0.00000123. The Hall–Kier alpha value is -2.26. The van der Waals surface area contributed by atoms with Gasteiger partial charge < -0.3 is 0 Å². The Morgan fingerprint density at radius 1 is 1.00 bits per heavy atom. The Kier molecular flexibility index (Phi) is 13.6. The van der Waals surface area contributed by atoms with E-state index in [1.54, 1.807) is 6.08 Å². The van der Waals surface area contributed by atoms with E-state index in [-0.39, 0.29) is 0 Å². The van der Waals surface area contributed by atoms with E-state index >= 15 is 0 Å². The van der Waals surface area contributed by atoms with Crippen molar-refractivity contribution >= 4 is 0 Å². The minimum atomic E-state index is 0.624. The van der Waals surface area contributed by atoms with E-state index in [1.165, 1.54) is 41.5 Å². The van der Waals surface area contributed by atoms with Crippen molar-refractivity contribution in [2.75, 3.05) is 0 Å². The van der Waals surface area contributed by atoms with Crippen molar-refractivity contribution in [3.8, 4) is 12.3 Å². The van der Waals surface area contributed by atoms with Gasteiger partial charge in [0.1, 0.15) is 0 Å². The van der Waals surface area contributed by atoms with Crippen molar-refractivity contribution < 1.29 is 0 Å². The highest BCUT2D eigenvalue weighted by atomic mass is 14.2. The van der Waals surface area contributed by atoms with E-state index in [1.807, 2.05) is 20.8 Å². The van der Waals surface area contributed by atoms with E-state index in [4.69, 9.17) is 6.42 Å². The summed E-state index contributed by atoms with van der Waals surface area (Å²) in [7, 11) is 0. The number of aryl methyl sites for hydroxylation is 3. The van der Waals surface area contributed by atoms with Gasteiger partial charge in [0.15, 0.2) is 0 Å². The molecule has 0 nitrogen and oxygen atoms in total. The Morgan fingerprint density at radius 2 is 1.59 bits per heavy atom. The lowest BCUT2D eigenvalue weighted by atomic mass is 9.88. The average molecular weight is 363 g/mol. The molecule has 0 bridgehead atoms. The molecule has 0 aliphatic heterocycles. The molecule has 2 rings (SSSR count). The van der Waals surface area contributed by atoms with E-state index in [0.717, 1.165) is 12.0 Å². The molecule has 0 radical (unpaired) electrons. The lowest BCUT2D eigenvalue weighted by Crippen LogP contribution is -2.01. The van der Waals surface area contributed by atoms with Crippen molar-refractivity contribution in [1.29, 1.82) is 0 Å². The number of terminal acetylenes is 1. The van der Waals surface area contributed by atoms with Gasteiger partial charge in [0.2, 0.25) is 0 Å². The zero-order valence-electron chi connectivity index (χ0n) is 18.3. The molecule has 0 saturated heterocycles. The third-order valence-corrected chi connectivity index (χ3v) is 4.54. The fraction of sp³-hybridized carbons (Fsp3) is 0.407. The van der Waals surface area contributed by atoms with Gasteiger partial charge in [-0.15, -0.1) is 13.0 Å². The normalized spacial score (nSPS) is 10.4. The van der Waals surface area contributed by atoms with Crippen LogP contribution in [0.5, 0.6) is 0 Å². The molecule has 0 amide bonds. The summed E-state index contributed by atoms with van der Waals surface area (Å²) in [5.74, 6) is 3.32. The summed E-state index contributed by atoms with van der Waals surface area (Å²) in [6, 6.07) is 15.4. The average Bonchev–Trinajstić information content (AvgIpc) is 2.70. The first-order valence-corrected chi connectivity index (χ1v) is 10.2. The summed E-state index contributed by atoms with van der Waals surface area (Å²) < 4.78 is 0. The molecule has 0 fully saturated rings. The van der Waals surface area contributed by atoms with Crippen LogP contribution in [0.4, 0.5) is 0 Å². The molecule has 27 heavy (non-hydrogen) atoms. The third kappa shape index (κ3) is 9.30. The maximum Gasteiger partial charge on any atom is 0.0242 e. The Labute approximate surface area is 168 Å². The van der Waals surface area contributed by atoms with Crippen molar-refractivity contribution in [1.82, 2.24) is 0 Å². The van der Waals surface area contributed by atoms with E-state index in [9.17, 15) is 0 Å². The summed E-state index contributed by atoms with van der Waals surface area (Å²) in [5.41, 5.74) is 6.60. The summed E-state index contributed by atoms with van der Waals surface area (Å²) in [6.45, 7) is 15.9. The summed E-state index contributed by atoms with van der Waals surface area (Å²) in [5, 5.41) is 0. The Bertz CT molecular complexity index is 683. The van der Waals surface area contributed by atoms with Crippen LogP contribution in [0, 0.1) is 26.2 Å². The van der Waals surface area contributed by atoms with Gasteiger partial charge in [-0.2, -0.15) is 0 Å². The molecule has 0 saturated carbocycles. The minimum Gasteiger partial charge on any atom is -0.115 e. The van der Waals surface area contributed by atoms with Crippen LogP contribution in [0.1, 0.15) is 80.7 Å². The van der Waals surface area contributed by atoms with Gasteiger partial charge in [0, 0.05) is 5.56 Å². The predicted octanol–water partition coefficient (Wildman–Crippen LogP) is 8.02. The first kappa shape index (κ1) is 24.7. The Morgan fingerprint density at radius 3 is 2.07 bits per heavy atom. The molecule has 0 N–H and O–H groups in total. The molecule has 2 aromatic carbocycles. The van der Waals surface area contributed by atoms with Crippen LogP contribution in [-0.4, -0.2) is 0 Å². The van der Waals surface area contributed by atoms with E-state index < -0.39 is 0 Å². The summed E-state index contributed by atoms with van der Waals surface area (Å²) in [4.78, 5) is 0. The van der Waals surface area contributed by atoms with Crippen molar-refractivity contribution in [3.63, 3.8) is 0 Å². The monoisotopic (exact) mass is 362 g/mol.